The molecule has 0 saturated carbocycles. The molecule has 0 bridgehead atoms. The Bertz CT molecular complexity index is 167. The lowest BCUT2D eigenvalue weighted by Crippen LogP contribution is -2.37. The van der Waals surface area contributed by atoms with Gasteiger partial charge in [0.05, 0.1) is 0 Å². The highest BCUT2D eigenvalue weighted by molar-refractivity contribution is 5.76. The van der Waals surface area contributed by atoms with E-state index in [0.717, 1.165) is 19.4 Å². The van der Waals surface area contributed by atoms with Gasteiger partial charge in [-0.05, 0) is 40.2 Å². The molecule has 1 heterocycles. The van der Waals surface area contributed by atoms with Crippen LogP contribution in [-0.2, 0) is 9.53 Å². The van der Waals surface area contributed by atoms with Crippen LogP contribution in [0.15, 0.2) is 0 Å². The molecule has 1 atom stereocenters. The third kappa shape index (κ3) is 5.22. The Hall–Kier alpha value is -0.570. The van der Waals surface area contributed by atoms with Gasteiger partial charge in [-0.15, -0.1) is 0 Å². The van der Waals surface area contributed by atoms with Gasteiger partial charge in [-0.2, -0.15) is 0 Å². The fourth-order valence-corrected chi connectivity index (χ4v) is 1.26. The van der Waals surface area contributed by atoms with Gasteiger partial charge in [-0.25, -0.2) is 0 Å². The maximum atomic E-state index is 11.4. The largest absolute Gasteiger partial charge is 0.459 e. The monoisotopic (exact) mass is 201 g/mol. The zero-order valence-electron chi connectivity index (χ0n) is 10.0. The lowest BCUT2D eigenvalue weighted by atomic mass is 10.2. The molecule has 0 aromatic carbocycles. The number of hydrogen-bond donors (Lipinski definition) is 1. The van der Waals surface area contributed by atoms with E-state index in [9.17, 15) is 4.79 Å². The summed E-state index contributed by atoms with van der Waals surface area (Å²) in [5.74, 6) is -0.111. The number of nitrogens with one attached hydrogen (secondary N) is 1. The Morgan fingerprint density at radius 1 is 1.36 bits per heavy atom. The van der Waals surface area contributed by atoms with E-state index in [0.29, 0.717) is 0 Å². The fraction of sp³-hybridized carbons (Fsp3) is 0.909. The predicted octanol–water partition coefficient (Wildman–Crippen LogP) is 2.11. The Labute approximate surface area is 87.2 Å². The van der Waals surface area contributed by atoms with E-state index >= 15 is 0 Å². The highest BCUT2D eigenvalue weighted by atomic mass is 16.6. The van der Waals surface area contributed by atoms with Crippen molar-refractivity contribution in [2.45, 2.75) is 59.1 Å². The Balaban J connectivity index is 0.000000791. The topological polar surface area (TPSA) is 38.3 Å². The van der Waals surface area contributed by atoms with Crippen molar-refractivity contribution in [1.29, 1.82) is 0 Å². The van der Waals surface area contributed by atoms with Gasteiger partial charge in [0.15, 0.2) is 0 Å². The van der Waals surface area contributed by atoms with Crippen LogP contribution in [-0.4, -0.2) is 24.2 Å². The lowest BCUT2D eigenvalue weighted by Gasteiger charge is -2.21. The SMILES string of the molecule is CC.CC(C)(C)OC(=O)C1CCCN1. The van der Waals surface area contributed by atoms with Crippen LogP contribution in [0.4, 0.5) is 0 Å². The zero-order valence-corrected chi connectivity index (χ0v) is 10.0. The molecule has 0 spiro atoms. The van der Waals surface area contributed by atoms with Crippen LogP contribution in [0.5, 0.6) is 0 Å². The second-order valence-corrected chi connectivity index (χ2v) is 4.18. The summed E-state index contributed by atoms with van der Waals surface area (Å²) in [6, 6.07) is -0.0655. The zero-order chi connectivity index (χ0) is 11.2. The van der Waals surface area contributed by atoms with Gasteiger partial charge < -0.3 is 10.1 Å². The fourth-order valence-electron chi connectivity index (χ4n) is 1.26. The van der Waals surface area contributed by atoms with E-state index in [1.807, 2.05) is 34.6 Å². The first kappa shape index (κ1) is 13.4. The third-order valence-electron chi connectivity index (χ3n) is 1.75. The van der Waals surface area contributed by atoms with E-state index in [-0.39, 0.29) is 17.6 Å². The first-order valence-electron chi connectivity index (χ1n) is 5.45. The molecule has 1 saturated heterocycles. The number of carbonyl (C=O) groups excluding carboxylic acids is 1. The summed E-state index contributed by atoms with van der Waals surface area (Å²) in [4.78, 5) is 11.4. The van der Waals surface area contributed by atoms with E-state index in [1.54, 1.807) is 0 Å². The minimum absolute atomic E-state index is 0.0655. The molecular formula is C11H23NO2. The van der Waals surface area contributed by atoms with Crippen molar-refractivity contribution in [2.24, 2.45) is 0 Å². The molecule has 0 radical (unpaired) electrons. The molecule has 1 fully saturated rings. The van der Waals surface area contributed by atoms with Crippen LogP contribution >= 0.6 is 0 Å². The highest BCUT2D eigenvalue weighted by Gasteiger charge is 2.26. The molecule has 0 aromatic rings. The van der Waals surface area contributed by atoms with Crippen LogP contribution in [0, 0.1) is 0 Å². The van der Waals surface area contributed by atoms with E-state index in [1.165, 1.54) is 0 Å². The minimum Gasteiger partial charge on any atom is -0.459 e. The maximum Gasteiger partial charge on any atom is 0.323 e. The van der Waals surface area contributed by atoms with Crippen LogP contribution in [0.1, 0.15) is 47.5 Å². The van der Waals surface area contributed by atoms with Gasteiger partial charge in [0.1, 0.15) is 11.6 Å². The third-order valence-corrected chi connectivity index (χ3v) is 1.75. The van der Waals surface area contributed by atoms with Crippen molar-refractivity contribution in [3.05, 3.63) is 0 Å². The van der Waals surface area contributed by atoms with Gasteiger partial charge in [-0.3, -0.25) is 4.79 Å². The second-order valence-electron chi connectivity index (χ2n) is 4.18. The van der Waals surface area contributed by atoms with Crippen molar-refractivity contribution in [2.75, 3.05) is 6.54 Å². The number of hydrogen-bond acceptors (Lipinski definition) is 3. The van der Waals surface area contributed by atoms with E-state index in [4.69, 9.17) is 4.74 Å². The van der Waals surface area contributed by atoms with Crippen LogP contribution in [0.3, 0.4) is 0 Å². The molecule has 1 rings (SSSR count). The Morgan fingerprint density at radius 2 is 1.93 bits per heavy atom. The lowest BCUT2D eigenvalue weighted by molar-refractivity contribution is -0.157. The van der Waals surface area contributed by atoms with Gasteiger partial charge in [-0.1, -0.05) is 13.8 Å². The number of carbonyl (C=O) groups is 1. The molecule has 3 nitrogen and oxygen atoms in total. The van der Waals surface area contributed by atoms with Crippen molar-refractivity contribution >= 4 is 5.97 Å². The summed E-state index contributed by atoms with van der Waals surface area (Å²) in [5.41, 5.74) is -0.360. The molecule has 0 aliphatic carbocycles. The van der Waals surface area contributed by atoms with Crippen LogP contribution < -0.4 is 5.32 Å². The van der Waals surface area contributed by atoms with Crippen molar-refractivity contribution in [3.63, 3.8) is 0 Å². The van der Waals surface area contributed by atoms with Crippen molar-refractivity contribution in [1.82, 2.24) is 5.32 Å². The molecule has 1 aliphatic rings. The van der Waals surface area contributed by atoms with Gasteiger partial charge in [0.2, 0.25) is 0 Å². The van der Waals surface area contributed by atoms with Gasteiger partial charge in [0, 0.05) is 0 Å². The van der Waals surface area contributed by atoms with Crippen LogP contribution in [0.2, 0.25) is 0 Å². The maximum absolute atomic E-state index is 11.4. The van der Waals surface area contributed by atoms with Crippen LogP contribution in [0.25, 0.3) is 0 Å². The summed E-state index contributed by atoms with van der Waals surface area (Å²) in [5, 5.41) is 3.10. The molecule has 1 aliphatic heterocycles. The first-order valence-corrected chi connectivity index (χ1v) is 5.45. The van der Waals surface area contributed by atoms with Crippen molar-refractivity contribution in [3.8, 4) is 0 Å². The average Bonchev–Trinajstić information content (AvgIpc) is 2.56. The summed E-state index contributed by atoms with van der Waals surface area (Å²) in [6.07, 6.45) is 1.98. The normalized spacial score (nSPS) is 21.1. The Morgan fingerprint density at radius 3 is 2.29 bits per heavy atom. The second kappa shape index (κ2) is 6.02. The predicted molar refractivity (Wildman–Crippen MR) is 58.2 cm³/mol. The molecule has 1 N–H and O–H groups in total. The summed E-state index contributed by atoms with van der Waals surface area (Å²) in [7, 11) is 0. The molecule has 0 amide bonds. The van der Waals surface area contributed by atoms with Crippen molar-refractivity contribution < 1.29 is 9.53 Å². The van der Waals surface area contributed by atoms with Gasteiger partial charge in [0.25, 0.3) is 0 Å². The molecule has 0 aromatic heterocycles. The van der Waals surface area contributed by atoms with E-state index < -0.39 is 0 Å². The number of esters is 1. The average molecular weight is 201 g/mol. The summed E-state index contributed by atoms with van der Waals surface area (Å²) < 4.78 is 5.22. The molecule has 1 unspecified atom stereocenters. The quantitative estimate of drug-likeness (QED) is 0.660. The van der Waals surface area contributed by atoms with Gasteiger partial charge >= 0.3 is 5.97 Å². The smallest absolute Gasteiger partial charge is 0.323 e. The number of ether oxygens (including phenoxy) is 1. The highest BCUT2D eigenvalue weighted by Crippen LogP contribution is 2.12. The van der Waals surface area contributed by atoms with E-state index in [2.05, 4.69) is 5.32 Å². The molecular weight excluding hydrogens is 178 g/mol. The molecule has 14 heavy (non-hydrogen) atoms. The number of rotatable bonds is 1. The Kier molecular flexibility index (Phi) is 5.77. The molecule has 84 valence electrons. The standard InChI is InChI=1S/C9H17NO2.C2H6/c1-9(2,3)12-8(11)7-5-4-6-10-7;1-2/h7,10H,4-6H2,1-3H3;1-2H3. The molecule has 3 heteroatoms. The first-order chi connectivity index (χ1) is 6.49. The summed E-state index contributed by atoms with van der Waals surface area (Å²) in [6.45, 7) is 10.6. The summed E-state index contributed by atoms with van der Waals surface area (Å²) >= 11 is 0. The minimum atomic E-state index is -0.360.